The smallest absolute Gasteiger partial charge is 0.270 e. The number of benzene rings is 1. The number of thioether (sulfide) groups is 1. The molecule has 2 aromatic rings. The van der Waals surface area contributed by atoms with Crippen LogP contribution >= 0.6 is 11.8 Å². The van der Waals surface area contributed by atoms with Gasteiger partial charge in [0.15, 0.2) is 16.8 Å². The maximum Gasteiger partial charge on any atom is 0.270 e. The van der Waals surface area contributed by atoms with E-state index in [4.69, 9.17) is 5.26 Å². The van der Waals surface area contributed by atoms with Crippen LogP contribution in [0.25, 0.3) is 11.3 Å². The molecule has 1 heterocycles. The van der Waals surface area contributed by atoms with E-state index in [0.29, 0.717) is 12.1 Å². The molecule has 0 saturated heterocycles. The molecular formula is C12H6F3N3OS. The monoisotopic (exact) mass is 297 g/mol. The molecule has 0 aliphatic rings. The zero-order valence-electron chi connectivity index (χ0n) is 10.00. The highest BCUT2D eigenvalue weighted by molar-refractivity contribution is 7.98. The summed E-state index contributed by atoms with van der Waals surface area (Å²) in [5.74, 6) is -3.89. The van der Waals surface area contributed by atoms with Crippen molar-refractivity contribution in [2.24, 2.45) is 0 Å². The van der Waals surface area contributed by atoms with Gasteiger partial charge in [-0.05, 0) is 18.4 Å². The SMILES string of the molecule is CSc1nc(-c2c(F)ccc(F)c2F)c(C#N)c(=O)[nH]1. The van der Waals surface area contributed by atoms with E-state index in [0.717, 1.165) is 11.8 Å². The van der Waals surface area contributed by atoms with Gasteiger partial charge < -0.3 is 4.98 Å². The molecule has 0 radical (unpaired) electrons. The highest BCUT2D eigenvalue weighted by Gasteiger charge is 2.22. The lowest BCUT2D eigenvalue weighted by Crippen LogP contribution is -2.15. The average molecular weight is 297 g/mol. The minimum Gasteiger partial charge on any atom is -0.300 e. The molecule has 0 atom stereocenters. The van der Waals surface area contributed by atoms with Crippen molar-refractivity contribution in [1.82, 2.24) is 9.97 Å². The quantitative estimate of drug-likeness (QED) is 0.525. The van der Waals surface area contributed by atoms with Crippen molar-refractivity contribution >= 4 is 11.8 Å². The second-order valence-corrected chi connectivity index (χ2v) is 4.42. The summed E-state index contributed by atoms with van der Waals surface area (Å²) in [7, 11) is 0. The number of hydrogen-bond acceptors (Lipinski definition) is 4. The number of rotatable bonds is 2. The average Bonchev–Trinajstić information content (AvgIpc) is 2.43. The van der Waals surface area contributed by atoms with Gasteiger partial charge in [-0.2, -0.15) is 5.26 Å². The molecule has 0 amide bonds. The van der Waals surface area contributed by atoms with Crippen molar-refractivity contribution in [3.05, 3.63) is 45.5 Å². The first kappa shape index (κ1) is 14.1. The van der Waals surface area contributed by atoms with Crippen LogP contribution in [0.5, 0.6) is 0 Å². The molecule has 102 valence electrons. The number of nitriles is 1. The maximum atomic E-state index is 13.7. The molecule has 0 spiro atoms. The van der Waals surface area contributed by atoms with Crippen LogP contribution in [0.15, 0.2) is 22.1 Å². The van der Waals surface area contributed by atoms with Crippen LogP contribution in [0.4, 0.5) is 13.2 Å². The van der Waals surface area contributed by atoms with Crippen molar-refractivity contribution in [1.29, 1.82) is 5.26 Å². The van der Waals surface area contributed by atoms with E-state index in [1.165, 1.54) is 6.07 Å². The Bertz CT molecular complexity index is 783. The Labute approximate surface area is 115 Å². The summed E-state index contributed by atoms with van der Waals surface area (Å²) in [5, 5.41) is 8.98. The van der Waals surface area contributed by atoms with Gasteiger partial charge in [0.1, 0.15) is 23.1 Å². The highest BCUT2D eigenvalue weighted by atomic mass is 32.2. The summed E-state index contributed by atoms with van der Waals surface area (Å²) < 4.78 is 40.7. The molecular weight excluding hydrogens is 291 g/mol. The molecule has 20 heavy (non-hydrogen) atoms. The lowest BCUT2D eigenvalue weighted by Gasteiger charge is -2.07. The normalized spacial score (nSPS) is 10.3. The Hall–Kier alpha value is -2.27. The lowest BCUT2D eigenvalue weighted by atomic mass is 10.1. The molecule has 1 aromatic carbocycles. The fraction of sp³-hybridized carbons (Fsp3) is 0.0833. The second-order valence-electron chi connectivity index (χ2n) is 3.63. The van der Waals surface area contributed by atoms with Crippen molar-refractivity contribution in [2.45, 2.75) is 5.16 Å². The van der Waals surface area contributed by atoms with Gasteiger partial charge in [-0.1, -0.05) is 11.8 Å². The third-order valence-electron chi connectivity index (χ3n) is 2.48. The number of nitrogens with zero attached hydrogens (tertiary/aromatic N) is 2. The first-order valence-corrected chi connectivity index (χ1v) is 6.44. The van der Waals surface area contributed by atoms with E-state index in [2.05, 4.69) is 9.97 Å². The summed E-state index contributed by atoms with van der Waals surface area (Å²) in [6.45, 7) is 0. The third-order valence-corrected chi connectivity index (χ3v) is 3.06. The summed E-state index contributed by atoms with van der Waals surface area (Å²) in [6, 6.07) is 2.84. The zero-order chi connectivity index (χ0) is 14.9. The fourth-order valence-corrected chi connectivity index (χ4v) is 1.96. The molecule has 0 aliphatic heterocycles. The molecule has 0 fully saturated rings. The molecule has 0 unspecified atom stereocenters. The van der Waals surface area contributed by atoms with Gasteiger partial charge in [-0.3, -0.25) is 4.79 Å². The van der Waals surface area contributed by atoms with E-state index in [1.54, 1.807) is 6.26 Å². The van der Waals surface area contributed by atoms with E-state index < -0.39 is 39.8 Å². The highest BCUT2D eigenvalue weighted by Crippen LogP contribution is 2.28. The van der Waals surface area contributed by atoms with E-state index in [-0.39, 0.29) is 5.16 Å². The number of aromatic amines is 1. The van der Waals surface area contributed by atoms with Gasteiger partial charge in [-0.25, -0.2) is 18.2 Å². The molecule has 2 rings (SSSR count). The fourth-order valence-electron chi connectivity index (χ4n) is 1.58. The van der Waals surface area contributed by atoms with Crippen LogP contribution in [-0.4, -0.2) is 16.2 Å². The second kappa shape index (κ2) is 5.38. The molecule has 1 aromatic heterocycles. The van der Waals surface area contributed by atoms with Crippen molar-refractivity contribution < 1.29 is 13.2 Å². The van der Waals surface area contributed by atoms with Crippen molar-refractivity contribution in [2.75, 3.05) is 6.26 Å². The van der Waals surface area contributed by atoms with Gasteiger partial charge in [0.05, 0.1) is 5.56 Å². The van der Waals surface area contributed by atoms with E-state index in [1.807, 2.05) is 0 Å². The molecule has 8 heteroatoms. The molecule has 0 bridgehead atoms. The Balaban J connectivity index is 2.89. The van der Waals surface area contributed by atoms with Crippen LogP contribution in [0.3, 0.4) is 0 Å². The standard InChI is InChI=1S/C12H6F3N3OS/c1-20-12-17-10(5(4-16)11(19)18-12)8-6(13)2-3-7(14)9(8)15/h2-3H,1H3,(H,17,18,19). The van der Waals surface area contributed by atoms with Crippen LogP contribution in [0.2, 0.25) is 0 Å². The predicted molar refractivity (Wildman–Crippen MR) is 66.7 cm³/mol. The molecule has 1 N–H and O–H groups in total. The minimum absolute atomic E-state index is 0.0621. The summed E-state index contributed by atoms with van der Waals surface area (Å²) >= 11 is 1.01. The number of nitrogens with one attached hydrogen (secondary N) is 1. The Morgan fingerprint density at radius 2 is 1.95 bits per heavy atom. The van der Waals surface area contributed by atoms with Crippen LogP contribution in [0, 0.1) is 28.8 Å². The van der Waals surface area contributed by atoms with Crippen LogP contribution in [0.1, 0.15) is 5.56 Å². The molecule has 4 nitrogen and oxygen atoms in total. The topological polar surface area (TPSA) is 69.5 Å². The Morgan fingerprint density at radius 1 is 1.30 bits per heavy atom. The minimum atomic E-state index is -1.49. The van der Waals surface area contributed by atoms with Gasteiger partial charge >= 0.3 is 0 Å². The first-order chi connectivity index (χ1) is 9.49. The number of hydrogen-bond donors (Lipinski definition) is 1. The van der Waals surface area contributed by atoms with E-state index in [9.17, 15) is 18.0 Å². The van der Waals surface area contributed by atoms with Gasteiger partial charge in [0, 0.05) is 0 Å². The Kier molecular flexibility index (Phi) is 3.81. The summed E-state index contributed by atoms with van der Waals surface area (Å²) in [4.78, 5) is 17.7. The molecule has 0 aliphatic carbocycles. The van der Waals surface area contributed by atoms with Crippen LogP contribution < -0.4 is 5.56 Å². The largest absolute Gasteiger partial charge is 0.300 e. The summed E-state index contributed by atoms with van der Waals surface area (Å²) in [6.07, 6.45) is 1.58. The number of aromatic nitrogens is 2. The Morgan fingerprint density at radius 3 is 2.55 bits per heavy atom. The predicted octanol–water partition coefficient (Wildman–Crippen LogP) is 2.45. The third kappa shape index (κ3) is 2.28. The summed E-state index contributed by atoms with van der Waals surface area (Å²) in [5.41, 5.74) is -2.77. The van der Waals surface area contributed by atoms with Gasteiger partial charge in [0.2, 0.25) is 0 Å². The number of H-pyrrole nitrogens is 1. The van der Waals surface area contributed by atoms with Crippen molar-refractivity contribution in [3.63, 3.8) is 0 Å². The first-order valence-electron chi connectivity index (χ1n) is 5.21. The zero-order valence-corrected chi connectivity index (χ0v) is 10.8. The molecule has 0 saturated carbocycles. The lowest BCUT2D eigenvalue weighted by molar-refractivity contribution is 0.498. The van der Waals surface area contributed by atoms with E-state index >= 15 is 0 Å². The number of halogens is 3. The maximum absolute atomic E-state index is 13.7. The van der Waals surface area contributed by atoms with Gasteiger partial charge in [-0.15, -0.1) is 0 Å². The van der Waals surface area contributed by atoms with Gasteiger partial charge in [0.25, 0.3) is 5.56 Å². The van der Waals surface area contributed by atoms with Crippen LogP contribution in [-0.2, 0) is 0 Å². The van der Waals surface area contributed by atoms with Crippen molar-refractivity contribution in [3.8, 4) is 17.3 Å².